The topological polar surface area (TPSA) is 33.1 Å². The van der Waals surface area contributed by atoms with Crippen LogP contribution in [0.2, 0.25) is 0 Å². The molecule has 0 spiro atoms. The molecule has 4 heteroatoms. The molecule has 1 heterocycles. The first-order valence-corrected chi connectivity index (χ1v) is 5.82. The molecular formula is C12H13BrFNO. The number of benzene rings is 1. The number of hydrogen-bond acceptors (Lipinski definition) is 2. The zero-order valence-corrected chi connectivity index (χ0v) is 11.0. The molecule has 16 heavy (non-hydrogen) atoms. The van der Waals surface area contributed by atoms with E-state index in [1.54, 1.807) is 19.3 Å². The summed E-state index contributed by atoms with van der Waals surface area (Å²) in [7, 11) is 0. The number of phenols is 1. The van der Waals surface area contributed by atoms with E-state index in [0.717, 1.165) is 5.56 Å². The molecule has 1 aromatic heterocycles. The van der Waals surface area contributed by atoms with Gasteiger partial charge in [0.2, 0.25) is 0 Å². The normalized spacial score (nSPS) is 9.81. The first-order chi connectivity index (χ1) is 7.61. The Hall–Kier alpha value is -1.16. The van der Waals surface area contributed by atoms with Crippen molar-refractivity contribution >= 4 is 26.7 Å². The van der Waals surface area contributed by atoms with E-state index in [4.69, 9.17) is 0 Å². The van der Waals surface area contributed by atoms with E-state index < -0.39 is 5.82 Å². The Kier molecular flexibility index (Phi) is 4.24. The van der Waals surface area contributed by atoms with Gasteiger partial charge in [-0.1, -0.05) is 13.8 Å². The molecule has 2 nitrogen and oxygen atoms in total. The molecule has 0 bridgehead atoms. The molecule has 0 amide bonds. The van der Waals surface area contributed by atoms with Gasteiger partial charge in [0.1, 0.15) is 0 Å². The Balaban J connectivity index is 0.000000606. The van der Waals surface area contributed by atoms with Crippen LogP contribution in [-0.2, 0) is 0 Å². The summed E-state index contributed by atoms with van der Waals surface area (Å²) in [5, 5.41) is 10.8. The van der Waals surface area contributed by atoms with Gasteiger partial charge in [-0.2, -0.15) is 0 Å². The SMILES string of the molecule is CC.Cc1cncc2c(Br)cc(F)c(O)c12. The van der Waals surface area contributed by atoms with Crippen molar-refractivity contribution < 1.29 is 9.50 Å². The number of aromatic hydroxyl groups is 1. The molecule has 0 atom stereocenters. The highest BCUT2D eigenvalue weighted by Crippen LogP contribution is 2.34. The van der Waals surface area contributed by atoms with Gasteiger partial charge in [-0.15, -0.1) is 0 Å². The third-order valence-corrected chi connectivity index (χ3v) is 2.77. The molecule has 0 aliphatic rings. The summed E-state index contributed by atoms with van der Waals surface area (Å²) in [4.78, 5) is 3.98. The largest absolute Gasteiger partial charge is 0.504 e. The van der Waals surface area contributed by atoms with Gasteiger partial charge in [0.05, 0.1) is 0 Å². The first kappa shape index (κ1) is 12.9. The zero-order valence-electron chi connectivity index (χ0n) is 9.38. The molecule has 0 unspecified atom stereocenters. The summed E-state index contributed by atoms with van der Waals surface area (Å²) in [6, 6.07) is 1.23. The van der Waals surface area contributed by atoms with Crippen molar-refractivity contribution in [1.82, 2.24) is 4.98 Å². The van der Waals surface area contributed by atoms with Crippen LogP contribution in [-0.4, -0.2) is 10.1 Å². The maximum Gasteiger partial charge on any atom is 0.166 e. The lowest BCUT2D eigenvalue weighted by molar-refractivity contribution is 0.438. The number of rotatable bonds is 0. The molecular weight excluding hydrogens is 273 g/mol. The summed E-state index contributed by atoms with van der Waals surface area (Å²) < 4.78 is 13.8. The fraction of sp³-hybridized carbons (Fsp3) is 0.250. The average molecular weight is 286 g/mol. The number of aryl methyl sites for hydroxylation is 1. The first-order valence-electron chi connectivity index (χ1n) is 5.02. The van der Waals surface area contributed by atoms with Gasteiger partial charge in [-0.05, 0) is 34.5 Å². The molecule has 0 radical (unpaired) electrons. The Morgan fingerprint density at radius 1 is 1.31 bits per heavy atom. The van der Waals surface area contributed by atoms with Gasteiger partial charge in [-0.25, -0.2) is 4.39 Å². The van der Waals surface area contributed by atoms with Crippen molar-refractivity contribution in [2.75, 3.05) is 0 Å². The van der Waals surface area contributed by atoms with E-state index in [2.05, 4.69) is 20.9 Å². The van der Waals surface area contributed by atoms with Gasteiger partial charge in [0.25, 0.3) is 0 Å². The van der Waals surface area contributed by atoms with Crippen molar-refractivity contribution in [3.8, 4) is 5.75 Å². The summed E-state index contributed by atoms with van der Waals surface area (Å²) in [6.45, 7) is 5.78. The lowest BCUT2D eigenvalue weighted by Gasteiger charge is -2.06. The standard InChI is InChI=1S/C10H7BrFNO.C2H6/c1-5-3-13-4-6-7(11)2-8(12)10(14)9(5)6;1-2/h2-4,14H,1H3;1-2H3. The number of nitrogens with zero attached hydrogens (tertiary/aromatic N) is 1. The zero-order chi connectivity index (χ0) is 12.3. The van der Waals surface area contributed by atoms with Crippen molar-refractivity contribution in [2.24, 2.45) is 0 Å². The van der Waals surface area contributed by atoms with Gasteiger partial charge in [-0.3, -0.25) is 4.98 Å². The molecule has 0 fully saturated rings. The summed E-state index contributed by atoms with van der Waals surface area (Å²) >= 11 is 3.22. The van der Waals surface area contributed by atoms with Crippen LogP contribution in [0.25, 0.3) is 10.8 Å². The molecule has 2 aromatic rings. The van der Waals surface area contributed by atoms with Crippen LogP contribution in [0.5, 0.6) is 5.75 Å². The maximum absolute atomic E-state index is 13.2. The smallest absolute Gasteiger partial charge is 0.166 e. The van der Waals surface area contributed by atoms with Crippen molar-refractivity contribution in [2.45, 2.75) is 20.8 Å². The fourth-order valence-electron chi connectivity index (χ4n) is 1.44. The second kappa shape index (κ2) is 5.25. The highest BCUT2D eigenvalue weighted by atomic mass is 79.9. The number of pyridine rings is 1. The minimum absolute atomic E-state index is 0.317. The Labute approximate surface area is 102 Å². The Bertz CT molecular complexity index is 514. The van der Waals surface area contributed by atoms with Crippen LogP contribution in [0, 0.1) is 12.7 Å². The molecule has 2 rings (SSSR count). The van der Waals surface area contributed by atoms with Crippen LogP contribution in [0.1, 0.15) is 19.4 Å². The third-order valence-electron chi connectivity index (χ3n) is 2.11. The lowest BCUT2D eigenvalue weighted by Crippen LogP contribution is -1.86. The summed E-state index contributed by atoms with van der Waals surface area (Å²) in [5.41, 5.74) is 0.750. The lowest BCUT2D eigenvalue weighted by atomic mass is 10.1. The second-order valence-electron chi connectivity index (χ2n) is 3.07. The quantitative estimate of drug-likeness (QED) is 0.788. The molecule has 0 saturated heterocycles. The van der Waals surface area contributed by atoms with E-state index in [9.17, 15) is 9.50 Å². The molecule has 1 aromatic carbocycles. The van der Waals surface area contributed by atoms with E-state index >= 15 is 0 Å². The highest BCUT2D eigenvalue weighted by molar-refractivity contribution is 9.10. The third kappa shape index (κ3) is 2.16. The molecule has 0 aliphatic heterocycles. The monoisotopic (exact) mass is 285 g/mol. The summed E-state index contributed by atoms with van der Waals surface area (Å²) in [6.07, 6.45) is 3.18. The number of phenolic OH excluding ortho intramolecular Hbond substituents is 1. The van der Waals surface area contributed by atoms with Gasteiger partial charge in [0.15, 0.2) is 11.6 Å². The van der Waals surface area contributed by atoms with Crippen molar-refractivity contribution in [3.63, 3.8) is 0 Å². The van der Waals surface area contributed by atoms with E-state index in [-0.39, 0.29) is 5.75 Å². The van der Waals surface area contributed by atoms with Crippen molar-refractivity contribution in [1.29, 1.82) is 0 Å². The number of halogens is 2. The van der Waals surface area contributed by atoms with E-state index in [1.807, 2.05) is 13.8 Å². The minimum Gasteiger partial charge on any atom is -0.504 e. The molecule has 0 saturated carbocycles. The number of aromatic nitrogens is 1. The summed E-state index contributed by atoms with van der Waals surface area (Å²) in [5.74, 6) is -0.943. The van der Waals surface area contributed by atoms with Crippen LogP contribution in [0.3, 0.4) is 0 Å². The molecule has 0 aliphatic carbocycles. The molecule has 86 valence electrons. The van der Waals surface area contributed by atoms with Gasteiger partial charge in [0, 0.05) is 27.6 Å². The number of fused-ring (bicyclic) bond motifs is 1. The predicted molar refractivity (Wildman–Crippen MR) is 67.2 cm³/mol. The average Bonchev–Trinajstić information content (AvgIpc) is 2.29. The fourth-order valence-corrected chi connectivity index (χ4v) is 1.94. The van der Waals surface area contributed by atoms with Gasteiger partial charge < -0.3 is 5.11 Å². The van der Waals surface area contributed by atoms with Crippen LogP contribution in [0.4, 0.5) is 4.39 Å². The van der Waals surface area contributed by atoms with Crippen molar-refractivity contribution in [3.05, 3.63) is 34.3 Å². The van der Waals surface area contributed by atoms with Gasteiger partial charge >= 0.3 is 0 Å². The van der Waals surface area contributed by atoms with E-state index in [1.165, 1.54) is 6.07 Å². The minimum atomic E-state index is -0.626. The predicted octanol–water partition coefficient (Wildman–Crippen LogP) is 4.18. The Morgan fingerprint density at radius 3 is 2.56 bits per heavy atom. The maximum atomic E-state index is 13.2. The Morgan fingerprint density at radius 2 is 1.94 bits per heavy atom. The van der Waals surface area contributed by atoms with Crippen LogP contribution in [0.15, 0.2) is 22.9 Å². The van der Waals surface area contributed by atoms with E-state index in [0.29, 0.717) is 15.2 Å². The second-order valence-corrected chi connectivity index (χ2v) is 3.92. The molecule has 1 N–H and O–H groups in total. The highest BCUT2D eigenvalue weighted by Gasteiger charge is 2.11. The number of hydrogen-bond donors (Lipinski definition) is 1. The van der Waals surface area contributed by atoms with Crippen LogP contribution < -0.4 is 0 Å². The van der Waals surface area contributed by atoms with Crippen LogP contribution >= 0.6 is 15.9 Å².